The molecular weight excluding hydrogens is 324 g/mol. The first kappa shape index (κ1) is 15.1. The Balaban J connectivity index is 1.58. The van der Waals surface area contributed by atoms with Gasteiger partial charge in [0.15, 0.2) is 0 Å². The molecule has 0 bridgehead atoms. The number of thioether (sulfide) groups is 2. The van der Waals surface area contributed by atoms with Gasteiger partial charge in [-0.05, 0) is 30.3 Å². The molecule has 110 valence electrons. The van der Waals surface area contributed by atoms with Crippen molar-refractivity contribution in [3.63, 3.8) is 0 Å². The lowest BCUT2D eigenvalue weighted by Gasteiger charge is -2.28. The standard InChI is InChI=1S/C16H15ClO2S2/c17-11-4-3-5-12(8-11)20-9-13(18)15-10-21-16-7-2-1-6-14(16)19-15/h1-8,13,15,18H,9-10H2. The molecule has 5 heteroatoms. The molecule has 0 spiro atoms. The van der Waals surface area contributed by atoms with E-state index in [0.29, 0.717) is 10.8 Å². The van der Waals surface area contributed by atoms with Gasteiger partial charge in [0.25, 0.3) is 0 Å². The Morgan fingerprint density at radius 2 is 2.14 bits per heavy atom. The largest absolute Gasteiger partial charge is 0.486 e. The Bertz CT molecular complexity index is 621. The normalized spacial score (nSPS) is 18.7. The van der Waals surface area contributed by atoms with E-state index >= 15 is 0 Å². The Morgan fingerprint density at radius 1 is 1.29 bits per heavy atom. The van der Waals surface area contributed by atoms with Gasteiger partial charge in [0, 0.05) is 26.3 Å². The predicted octanol–water partition coefficient (Wildman–Crippen LogP) is 4.35. The Labute approximate surface area is 137 Å². The molecule has 0 aliphatic carbocycles. The highest BCUT2D eigenvalue weighted by Crippen LogP contribution is 2.36. The van der Waals surface area contributed by atoms with Gasteiger partial charge in [0.1, 0.15) is 18.0 Å². The summed E-state index contributed by atoms with van der Waals surface area (Å²) in [6.07, 6.45) is -0.675. The molecule has 2 atom stereocenters. The van der Waals surface area contributed by atoms with Crippen LogP contribution >= 0.6 is 35.1 Å². The Kier molecular flexibility index (Phi) is 5.01. The zero-order valence-corrected chi connectivity index (χ0v) is 13.6. The van der Waals surface area contributed by atoms with Crippen LogP contribution < -0.4 is 4.74 Å². The highest BCUT2D eigenvalue weighted by molar-refractivity contribution is 7.99. The first-order valence-electron chi connectivity index (χ1n) is 6.67. The number of benzene rings is 2. The highest BCUT2D eigenvalue weighted by atomic mass is 35.5. The third kappa shape index (κ3) is 3.89. The molecule has 0 aromatic heterocycles. The molecule has 2 unspecified atom stereocenters. The first-order valence-corrected chi connectivity index (χ1v) is 9.02. The lowest BCUT2D eigenvalue weighted by molar-refractivity contribution is 0.0624. The van der Waals surface area contributed by atoms with E-state index in [2.05, 4.69) is 0 Å². The monoisotopic (exact) mass is 338 g/mol. The summed E-state index contributed by atoms with van der Waals surface area (Å²) in [5, 5.41) is 11.1. The minimum atomic E-state index is -0.505. The topological polar surface area (TPSA) is 29.5 Å². The minimum absolute atomic E-state index is 0.170. The van der Waals surface area contributed by atoms with Crippen LogP contribution in [0.3, 0.4) is 0 Å². The molecule has 2 nitrogen and oxygen atoms in total. The SMILES string of the molecule is OC(CSc1cccc(Cl)c1)C1CSc2ccccc2O1. The maximum absolute atomic E-state index is 10.3. The number of halogens is 1. The number of fused-ring (bicyclic) bond motifs is 1. The van der Waals surface area contributed by atoms with Gasteiger partial charge in [-0.2, -0.15) is 0 Å². The van der Waals surface area contributed by atoms with Crippen LogP contribution in [0.2, 0.25) is 5.02 Å². The Hall–Kier alpha value is -0.810. The summed E-state index contributed by atoms with van der Waals surface area (Å²) in [6, 6.07) is 15.6. The molecule has 0 saturated heterocycles. The summed E-state index contributed by atoms with van der Waals surface area (Å²) in [5.41, 5.74) is 0. The van der Waals surface area contributed by atoms with E-state index in [9.17, 15) is 5.11 Å². The minimum Gasteiger partial charge on any atom is -0.486 e. The average Bonchev–Trinajstić information content (AvgIpc) is 2.52. The van der Waals surface area contributed by atoms with Gasteiger partial charge in [0.05, 0.1) is 0 Å². The molecule has 1 aliphatic rings. The van der Waals surface area contributed by atoms with Crippen molar-refractivity contribution in [2.24, 2.45) is 0 Å². The molecule has 0 radical (unpaired) electrons. The lowest BCUT2D eigenvalue weighted by Crippen LogP contribution is -2.37. The summed E-state index contributed by atoms with van der Waals surface area (Å²) in [5.74, 6) is 2.23. The number of para-hydroxylation sites is 1. The van der Waals surface area contributed by atoms with Crippen LogP contribution in [0, 0.1) is 0 Å². The molecule has 0 saturated carbocycles. The summed E-state index contributed by atoms with van der Waals surface area (Å²) in [7, 11) is 0. The van der Waals surface area contributed by atoms with Crippen LogP contribution in [0.5, 0.6) is 5.75 Å². The maximum atomic E-state index is 10.3. The van der Waals surface area contributed by atoms with Crippen LogP contribution in [0.25, 0.3) is 0 Å². The van der Waals surface area contributed by atoms with Gasteiger partial charge in [0.2, 0.25) is 0 Å². The zero-order valence-electron chi connectivity index (χ0n) is 11.2. The quantitative estimate of drug-likeness (QED) is 0.839. The number of hydrogen-bond donors (Lipinski definition) is 1. The van der Waals surface area contributed by atoms with E-state index in [1.165, 1.54) is 0 Å². The fourth-order valence-electron chi connectivity index (χ4n) is 2.07. The molecule has 2 aromatic carbocycles. The zero-order chi connectivity index (χ0) is 14.7. The fraction of sp³-hybridized carbons (Fsp3) is 0.250. The lowest BCUT2D eigenvalue weighted by atomic mass is 10.2. The van der Waals surface area contributed by atoms with Gasteiger partial charge in [-0.1, -0.05) is 29.8 Å². The van der Waals surface area contributed by atoms with Gasteiger partial charge in [-0.15, -0.1) is 23.5 Å². The molecule has 0 amide bonds. The molecule has 1 heterocycles. The number of hydrogen-bond acceptors (Lipinski definition) is 4. The van der Waals surface area contributed by atoms with Crippen molar-refractivity contribution in [3.05, 3.63) is 53.6 Å². The van der Waals surface area contributed by atoms with E-state index in [1.54, 1.807) is 23.5 Å². The number of aliphatic hydroxyl groups is 1. The molecule has 0 fully saturated rings. The van der Waals surface area contributed by atoms with Gasteiger partial charge in [-0.25, -0.2) is 0 Å². The van der Waals surface area contributed by atoms with E-state index < -0.39 is 6.10 Å². The number of ether oxygens (including phenoxy) is 1. The summed E-state index contributed by atoms with van der Waals surface area (Å²) in [4.78, 5) is 2.20. The van der Waals surface area contributed by atoms with Crippen molar-refractivity contribution in [2.45, 2.75) is 22.0 Å². The average molecular weight is 339 g/mol. The molecule has 2 aromatic rings. The molecule has 1 N–H and O–H groups in total. The van der Waals surface area contributed by atoms with Crippen molar-refractivity contribution in [3.8, 4) is 5.75 Å². The molecule has 21 heavy (non-hydrogen) atoms. The Morgan fingerprint density at radius 3 is 3.00 bits per heavy atom. The van der Waals surface area contributed by atoms with Crippen LogP contribution in [-0.2, 0) is 0 Å². The van der Waals surface area contributed by atoms with Crippen LogP contribution in [0.1, 0.15) is 0 Å². The van der Waals surface area contributed by atoms with Crippen LogP contribution in [-0.4, -0.2) is 28.8 Å². The fourth-order valence-corrected chi connectivity index (χ4v) is 4.36. The highest BCUT2D eigenvalue weighted by Gasteiger charge is 2.26. The molecule has 1 aliphatic heterocycles. The number of aliphatic hydroxyl groups excluding tert-OH is 1. The van der Waals surface area contributed by atoms with Gasteiger partial charge in [-0.3, -0.25) is 0 Å². The van der Waals surface area contributed by atoms with E-state index in [-0.39, 0.29) is 6.10 Å². The van der Waals surface area contributed by atoms with E-state index in [0.717, 1.165) is 21.3 Å². The smallest absolute Gasteiger partial charge is 0.135 e. The maximum Gasteiger partial charge on any atom is 0.135 e. The summed E-state index contributed by atoms with van der Waals surface area (Å²) in [6.45, 7) is 0. The van der Waals surface area contributed by atoms with Gasteiger partial charge >= 0.3 is 0 Å². The van der Waals surface area contributed by atoms with Crippen molar-refractivity contribution in [1.82, 2.24) is 0 Å². The van der Waals surface area contributed by atoms with E-state index in [4.69, 9.17) is 16.3 Å². The molecular formula is C16H15ClO2S2. The first-order chi connectivity index (χ1) is 10.2. The predicted molar refractivity (Wildman–Crippen MR) is 89.8 cm³/mol. The summed E-state index contributed by atoms with van der Waals surface area (Å²) >= 11 is 9.29. The van der Waals surface area contributed by atoms with Crippen molar-refractivity contribution >= 4 is 35.1 Å². The number of rotatable bonds is 4. The summed E-state index contributed by atoms with van der Waals surface area (Å²) < 4.78 is 5.90. The van der Waals surface area contributed by atoms with Crippen LogP contribution in [0.4, 0.5) is 0 Å². The second-order valence-electron chi connectivity index (χ2n) is 4.75. The van der Waals surface area contributed by atoms with Crippen molar-refractivity contribution in [2.75, 3.05) is 11.5 Å². The van der Waals surface area contributed by atoms with Gasteiger partial charge < -0.3 is 9.84 Å². The van der Waals surface area contributed by atoms with Crippen LogP contribution in [0.15, 0.2) is 58.3 Å². The molecule has 3 rings (SSSR count). The van der Waals surface area contributed by atoms with E-state index in [1.807, 2.05) is 48.5 Å². The second kappa shape index (κ2) is 6.97. The second-order valence-corrected chi connectivity index (χ2v) is 7.34. The third-order valence-electron chi connectivity index (χ3n) is 3.18. The third-order valence-corrected chi connectivity index (χ3v) is 5.65. The van der Waals surface area contributed by atoms with Crippen molar-refractivity contribution in [1.29, 1.82) is 0 Å². The van der Waals surface area contributed by atoms with Crippen molar-refractivity contribution < 1.29 is 9.84 Å².